The van der Waals surface area contributed by atoms with E-state index < -0.39 is 36.7 Å². The lowest BCUT2D eigenvalue weighted by atomic mass is 10.0. The molecule has 2 aromatic rings. The number of aromatic nitrogens is 2. The van der Waals surface area contributed by atoms with E-state index in [0.29, 0.717) is 44.4 Å². The summed E-state index contributed by atoms with van der Waals surface area (Å²) in [6.07, 6.45) is -1.23. The molecular formula is C25H28F5N5O2. The molecule has 1 aromatic carbocycles. The van der Waals surface area contributed by atoms with Gasteiger partial charge in [-0.3, -0.25) is 20.0 Å². The molecule has 2 aliphatic heterocycles. The number of halogens is 5. The third-order valence-electron chi connectivity index (χ3n) is 7.09. The molecule has 0 bridgehead atoms. The van der Waals surface area contributed by atoms with Gasteiger partial charge in [-0.05, 0) is 30.5 Å². The zero-order valence-electron chi connectivity index (χ0n) is 20.0. The Morgan fingerprint density at radius 3 is 2.62 bits per heavy atom. The van der Waals surface area contributed by atoms with Gasteiger partial charge in [-0.2, -0.15) is 13.2 Å². The summed E-state index contributed by atoms with van der Waals surface area (Å²) >= 11 is 0. The molecule has 1 N–H and O–H groups in total. The van der Waals surface area contributed by atoms with Gasteiger partial charge in [-0.1, -0.05) is 12.1 Å². The van der Waals surface area contributed by atoms with E-state index >= 15 is 0 Å². The van der Waals surface area contributed by atoms with Gasteiger partial charge in [-0.15, -0.1) is 0 Å². The molecule has 1 unspecified atom stereocenters. The van der Waals surface area contributed by atoms with Crippen LogP contribution >= 0.6 is 0 Å². The first-order valence-corrected chi connectivity index (χ1v) is 12.4. The first-order chi connectivity index (χ1) is 17.7. The van der Waals surface area contributed by atoms with Crippen LogP contribution < -0.4 is 10.1 Å². The van der Waals surface area contributed by atoms with Gasteiger partial charge in [0.1, 0.15) is 12.1 Å². The average Bonchev–Trinajstić information content (AvgIpc) is 3.63. The fraction of sp³-hybridized carbons (Fsp3) is 0.560. The van der Waals surface area contributed by atoms with Gasteiger partial charge < -0.3 is 9.64 Å². The second-order valence-corrected chi connectivity index (χ2v) is 9.82. The monoisotopic (exact) mass is 525 g/mol. The molecule has 200 valence electrons. The second kappa shape index (κ2) is 10.5. The van der Waals surface area contributed by atoms with Crippen molar-refractivity contribution in [2.24, 2.45) is 0 Å². The number of ether oxygens (including phenoxy) is 1. The summed E-state index contributed by atoms with van der Waals surface area (Å²) in [5.41, 5.74) is 0.0420. The Morgan fingerprint density at radius 2 is 1.95 bits per heavy atom. The zero-order chi connectivity index (χ0) is 26.2. The molecule has 3 heterocycles. The summed E-state index contributed by atoms with van der Waals surface area (Å²) in [5.74, 6) is 0.425. The predicted octanol–water partition coefficient (Wildman–Crippen LogP) is 3.63. The standard InChI is InChI=1S/C25H28F5N5O2/c26-21(27)11-33-23(16-2-1-3-17(8-16)25(28,29)30)24(36)35-7-6-34-14-19(9-18(34)13-35)37-22-12-31-20(10-32-22)15-4-5-15/h1-3,8,10,12,15,18-19,21,23,33H,4-7,9,11,13-14H2/t18-,19+,23?/m0/s1. The van der Waals surface area contributed by atoms with Crippen molar-refractivity contribution in [3.05, 3.63) is 53.5 Å². The molecule has 7 nitrogen and oxygen atoms in total. The van der Waals surface area contributed by atoms with E-state index in [0.717, 1.165) is 30.7 Å². The highest BCUT2D eigenvalue weighted by molar-refractivity contribution is 5.83. The Hall–Kier alpha value is -2.86. The van der Waals surface area contributed by atoms with Crippen LogP contribution in [0.4, 0.5) is 22.0 Å². The Labute approximate surface area is 211 Å². The Kier molecular flexibility index (Phi) is 7.30. The molecule has 5 rings (SSSR count). The van der Waals surface area contributed by atoms with Crippen molar-refractivity contribution >= 4 is 5.91 Å². The molecule has 0 spiro atoms. The van der Waals surface area contributed by atoms with E-state index in [2.05, 4.69) is 20.2 Å². The molecule has 3 fully saturated rings. The number of carbonyl (C=O) groups excluding carboxylic acids is 1. The molecule has 2 saturated heterocycles. The fourth-order valence-corrected chi connectivity index (χ4v) is 5.06. The summed E-state index contributed by atoms with van der Waals surface area (Å²) in [7, 11) is 0. The fourth-order valence-electron chi connectivity index (χ4n) is 5.06. The van der Waals surface area contributed by atoms with E-state index in [1.54, 1.807) is 12.4 Å². The van der Waals surface area contributed by atoms with Crippen LogP contribution in [0.3, 0.4) is 0 Å². The van der Waals surface area contributed by atoms with Crippen LogP contribution in [-0.2, 0) is 11.0 Å². The van der Waals surface area contributed by atoms with Gasteiger partial charge in [0.15, 0.2) is 0 Å². The molecule has 1 amide bonds. The smallest absolute Gasteiger partial charge is 0.416 e. The number of benzene rings is 1. The Morgan fingerprint density at radius 1 is 1.14 bits per heavy atom. The molecule has 1 aliphatic carbocycles. The van der Waals surface area contributed by atoms with Crippen molar-refractivity contribution < 1.29 is 31.5 Å². The molecule has 0 radical (unpaired) electrons. The largest absolute Gasteiger partial charge is 0.472 e. The van der Waals surface area contributed by atoms with E-state index in [1.807, 2.05) is 0 Å². The highest BCUT2D eigenvalue weighted by atomic mass is 19.4. The number of fused-ring (bicyclic) bond motifs is 1. The summed E-state index contributed by atoms with van der Waals surface area (Å²) in [6, 6.07) is 2.93. The Bertz CT molecular complexity index is 1100. The lowest BCUT2D eigenvalue weighted by Gasteiger charge is -2.38. The second-order valence-electron chi connectivity index (χ2n) is 9.82. The maximum atomic E-state index is 13.4. The topological polar surface area (TPSA) is 70.6 Å². The van der Waals surface area contributed by atoms with E-state index in [-0.39, 0.29) is 17.7 Å². The van der Waals surface area contributed by atoms with Gasteiger partial charge in [0.2, 0.25) is 11.8 Å². The number of rotatable bonds is 8. The molecule has 3 atom stereocenters. The van der Waals surface area contributed by atoms with Crippen LogP contribution in [0.15, 0.2) is 36.7 Å². The zero-order valence-corrected chi connectivity index (χ0v) is 20.0. The minimum atomic E-state index is -4.61. The molecular weight excluding hydrogens is 497 g/mol. The van der Waals surface area contributed by atoms with Crippen molar-refractivity contribution in [2.45, 2.75) is 56.0 Å². The van der Waals surface area contributed by atoms with Crippen molar-refractivity contribution in [3.8, 4) is 5.88 Å². The van der Waals surface area contributed by atoms with Crippen LogP contribution in [0.2, 0.25) is 0 Å². The highest BCUT2D eigenvalue weighted by Crippen LogP contribution is 2.38. The molecule has 12 heteroatoms. The average molecular weight is 526 g/mol. The molecule has 3 aliphatic rings. The third-order valence-corrected chi connectivity index (χ3v) is 7.09. The number of nitrogens with one attached hydrogen (secondary N) is 1. The number of carbonyl (C=O) groups is 1. The highest BCUT2D eigenvalue weighted by Gasteiger charge is 2.40. The first-order valence-electron chi connectivity index (χ1n) is 12.4. The summed E-state index contributed by atoms with van der Waals surface area (Å²) in [5, 5.41) is 2.47. The minimum absolute atomic E-state index is 0.00348. The van der Waals surface area contributed by atoms with Crippen LogP contribution in [0.25, 0.3) is 0 Å². The van der Waals surface area contributed by atoms with Gasteiger partial charge in [0.25, 0.3) is 6.43 Å². The number of nitrogens with zero attached hydrogens (tertiary/aromatic N) is 4. The quantitative estimate of drug-likeness (QED) is 0.531. The summed E-state index contributed by atoms with van der Waals surface area (Å²) in [4.78, 5) is 25.9. The van der Waals surface area contributed by atoms with Crippen LogP contribution in [-0.4, -0.2) is 77.0 Å². The lowest BCUT2D eigenvalue weighted by molar-refractivity contribution is -0.139. The lowest BCUT2D eigenvalue weighted by Crippen LogP contribution is -2.54. The van der Waals surface area contributed by atoms with E-state index in [9.17, 15) is 26.7 Å². The van der Waals surface area contributed by atoms with Crippen molar-refractivity contribution in [1.29, 1.82) is 0 Å². The minimum Gasteiger partial charge on any atom is -0.472 e. The van der Waals surface area contributed by atoms with Crippen molar-refractivity contribution in [3.63, 3.8) is 0 Å². The first kappa shape index (κ1) is 25.8. The van der Waals surface area contributed by atoms with Gasteiger partial charge >= 0.3 is 6.18 Å². The Balaban J connectivity index is 1.24. The molecule has 1 saturated carbocycles. The normalized spacial score (nSPS) is 23.2. The SMILES string of the molecule is O=C(C(NCC(F)F)c1cccc(C(F)(F)F)c1)N1CCN2C[C@H](Oc3cnc(C4CC4)cn3)C[C@H]2C1. The van der Waals surface area contributed by atoms with E-state index in [4.69, 9.17) is 4.74 Å². The number of hydrogen-bond donors (Lipinski definition) is 1. The van der Waals surface area contributed by atoms with E-state index in [1.165, 1.54) is 17.0 Å². The van der Waals surface area contributed by atoms with Crippen LogP contribution in [0.5, 0.6) is 5.88 Å². The third kappa shape index (κ3) is 6.18. The van der Waals surface area contributed by atoms with Crippen molar-refractivity contribution in [2.75, 3.05) is 32.7 Å². The van der Waals surface area contributed by atoms with Crippen LogP contribution in [0, 0.1) is 0 Å². The molecule has 37 heavy (non-hydrogen) atoms. The number of piperazine rings is 1. The maximum absolute atomic E-state index is 13.4. The maximum Gasteiger partial charge on any atom is 0.416 e. The van der Waals surface area contributed by atoms with Gasteiger partial charge in [0.05, 0.1) is 30.2 Å². The molecule has 1 aromatic heterocycles. The number of amides is 1. The predicted molar refractivity (Wildman–Crippen MR) is 123 cm³/mol. The summed E-state index contributed by atoms with van der Waals surface area (Å²) in [6.45, 7) is 1.05. The number of hydrogen-bond acceptors (Lipinski definition) is 6. The van der Waals surface area contributed by atoms with Crippen LogP contribution in [0.1, 0.15) is 48.0 Å². The van der Waals surface area contributed by atoms with Gasteiger partial charge in [-0.25, -0.2) is 13.8 Å². The number of alkyl halides is 5. The van der Waals surface area contributed by atoms with Crippen molar-refractivity contribution in [1.82, 2.24) is 25.1 Å². The van der Waals surface area contributed by atoms with Gasteiger partial charge in [0, 0.05) is 44.6 Å². The summed E-state index contributed by atoms with van der Waals surface area (Å²) < 4.78 is 71.6.